The number of benzene rings is 1. The molecule has 7 nitrogen and oxygen atoms in total. The highest BCUT2D eigenvalue weighted by molar-refractivity contribution is 5.90. The van der Waals surface area contributed by atoms with Crippen molar-refractivity contribution in [3.8, 4) is 6.07 Å². The Bertz CT molecular complexity index is 1010. The van der Waals surface area contributed by atoms with E-state index in [2.05, 4.69) is 54.0 Å². The fraction of sp³-hybridized carbons (Fsp3) is 0.667. The van der Waals surface area contributed by atoms with E-state index in [1.807, 2.05) is 0 Å². The molecule has 3 unspecified atom stereocenters. The molecule has 5 aliphatic rings. The molecular weight excluding hydrogens is 426 g/mol. The van der Waals surface area contributed by atoms with Crippen LogP contribution in [0.3, 0.4) is 0 Å². The van der Waals surface area contributed by atoms with Gasteiger partial charge in [0.2, 0.25) is 0 Å². The minimum atomic E-state index is -0.622. The van der Waals surface area contributed by atoms with Gasteiger partial charge in [0.1, 0.15) is 5.84 Å². The lowest BCUT2D eigenvalue weighted by Gasteiger charge is -2.57. The molecule has 3 atom stereocenters. The van der Waals surface area contributed by atoms with Crippen molar-refractivity contribution in [1.29, 1.82) is 5.26 Å². The van der Waals surface area contributed by atoms with Gasteiger partial charge in [-0.1, -0.05) is 18.2 Å². The van der Waals surface area contributed by atoms with Gasteiger partial charge in [0.05, 0.1) is 29.5 Å². The lowest BCUT2D eigenvalue weighted by molar-refractivity contribution is -0.166. The number of nitrogens with zero attached hydrogens (tertiary/aromatic N) is 4. The van der Waals surface area contributed by atoms with Crippen molar-refractivity contribution in [3.05, 3.63) is 29.8 Å². The number of aryl methyl sites for hydroxylation is 1. The maximum atomic E-state index is 12.1. The largest absolute Gasteiger partial charge is 0.481 e. The Balaban J connectivity index is 1.33. The molecule has 7 heteroatoms. The van der Waals surface area contributed by atoms with E-state index >= 15 is 0 Å². The number of carboxylic acid groups (broad SMARTS) is 1. The summed E-state index contributed by atoms with van der Waals surface area (Å²) in [7, 11) is 0. The van der Waals surface area contributed by atoms with Gasteiger partial charge in [0, 0.05) is 31.9 Å². The Morgan fingerprint density at radius 2 is 1.85 bits per heavy atom. The molecule has 1 aromatic carbocycles. The maximum absolute atomic E-state index is 12.1. The summed E-state index contributed by atoms with van der Waals surface area (Å²) in [4.78, 5) is 21.9. The zero-order valence-corrected chi connectivity index (χ0v) is 20.4. The van der Waals surface area contributed by atoms with Gasteiger partial charge in [-0.05, 0) is 75.3 Å². The molecule has 0 amide bonds. The van der Waals surface area contributed by atoms with Gasteiger partial charge >= 0.3 is 5.97 Å². The number of piperazine rings is 1. The second kappa shape index (κ2) is 8.57. The molecule has 0 radical (unpaired) electrons. The van der Waals surface area contributed by atoms with Crippen molar-refractivity contribution in [2.45, 2.75) is 64.0 Å². The summed E-state index contributed by atoms with van der Waals surface area (Å²) in [5.41, 5.74) is 8.14. The standard InChI is InChI=1S/C27H37N5O2/c1-18-5-3-4-6-22(18)31-9-11-32(12-10-31)26(2,7-8-28)24(29)30-23-20-13-19-14-21(23)17-27(15-19,16-20)25(33)34/h3-6,19-21,23H,7,9-17H2,1-2H3,(H2,29,30)(H,33,34). The first-order valence-corrected chi connectivity index (χ1v) is 12.8. The number of aliphatic carboxylic acids is 1. The van der Waals surface area contributed by atoms with Crippen LogP contribution >= 0.6 is 0 Å². The van der Waals surface area contributed by atoms with Crippen molar-refractivity contribution >= 4 is 17.5 Å². The molecule has 182 valence electrons. The average molecular weight is 464 g/mol. The van der Waals surface area contributed by atoms with E-state index in [9.17, 15) is 15.2 Å². The third-order valence-electron chi connectivity index (χ3n) is 9.37. The molecule has 1 heterocycles. The van der Waals surface area contributed by atoms with Gasteiger partial charge in [0.25, 0.3) is 0 Å². The van der Waals surface area contributed by atoms with Crippen LogP contribution in [0.5, 0.6) is 0 Å². The zero-order valence-electron chi connectivity index (χ0n) is 20.4. The van der Waals surface area contributed by atoms with Crippen LogP contribution in [0, 0.1) is 41.4 Å². The van der Waals surface area contributed by atoms with Crippen LogP contribution in [0.15, 0.2) is 29.3 Å². The van der Waals surface area contributed by atoms with E-state index in [0.717, 1.165) is 58.3 Å². The summed E-state index contributed by atoms with van der Waals surface area (Å²) >= 11 is 0. The van der Waals surface area contributed by atoms with Crippen molar-refractivity contribution < 1.29 is 9.90 Å². The first kappa shape index (κ1) is 23.2. The second-order valence-corrected chi connectivity index (χ2v) is 11.4. The van der Waals surface area contributed by atoms with Crippen molar-refractivity contribution in [2.24, 2.45) is 33.9 Å². The molecule has 5 fully saturated rings. The Kier molecular flexibility index (Phi) is 5.84. The number of hydrogen-bond acceptors (Lipinski definition) is 5. The number of nitriles is 1. The highest BCUT2D eigenvalue weighted by Gasteiger charge is 2.59. The number of rotatable bonds is 6. The molecular formula is C27H37N5O2. The molecule has 4 saturated carbocycles. The first-order chi connectivity index (χ1) is 16.3. The predicted octanol–water partition coefficient (Wildman–Crippen LogP) is 3.43. The maximum Gasteiger partial charge on any atom is 0.309 e. The summed E-state index contributed by atoms with van der Waals surface area (Å²) < 4.78 is 0. The Morgan fingerprint density at radius 1 is 1.21 bits per heavy atom. The molecule has 4 bridgehead atoms. The third-order valence-corrected chi connectivity index (χ3v) is 9.37. The quantitative estimate of drug-likeness (QED) is 0.495. The fourth-order valence-electron chi connectivity index (χ4n) is 7.65. The molecule has 0 spiro atoms. The zero-order chi connectivity index (χ0) is 24.1. The first-order valence-electron chi connectivity index (χ1n) is 12.8. The van der Waals surface area contributed by atoms with Crippen molar-refractivity contribution in [1.82, 2.24) is 4.90 Å². The Hall–Kier alpha value is -2.59. The summed E-state index contributed by atoms with van der Waals surface area (Å²) in [6.45, 7) is 7.63. The van der Waals surface area contributed by atoms with E-state index < -0.39 is 16.9 Å². The van der Waals surface area contributed by atoms with Crippen LogP contribution in [0.1, 0.15) is 51.0 Å². The summed E-state index contributed by atoms with van der Waals surface area (Å²) in [5, 5.41) is 19.6. The van der Waals surface area contributed by atoms with E-state index in [4.69, 9.17) is 10.7 Å². The van der Waals surface area contributed by atoms with Gasteiger partial charge in [-0.25, -0.2) is 0 Å². The van der Waals surface area contributed by atoms with Gasteiger partial charge in [0.15, 0.2) is 0 Å². The van der Waals surface area contributed by atoms with Crippen LogP contribution in [0.2, 0.25) is 0 Å². The molecule has 0 aromatic heterocycles. The van der Waals surface area contributed by atoms with Crippen LogP contribution in [0.4, 0.5) is 5.69 Å². The Morgan fingerprint density at radius 3 is 2.44 bits per heavy atom. The number of carboxylic acids is 1. The van der Waals surface area contributed by atoms with Crippen LogP contribution in [-0.2, 0) is 4.79 Å². The van der Waals surface area contributed by atoms with Crippen LogP contribution in [-0.4, -0.2) is 59.6 Å². The van der Waals surface area contributed by atoms with Gasteiger partial charge in [-0.3, -0.25) is 14.7 Å². The lowest BCUT2D eigenvalue weighted by Crippen LogP contribution is -2.62. The fourth-order valence-corrected chi connectivity index (χ4v) is 7.65. The van der Waals surface area contributed by atoms with Crippen molar-refractivity contribution in [3.63, 3.8) is 0 Å². The summed E-state index contributed by atoms with van der Waals surface area (Å²) in [5.74, 6) is 1.04. The van der Waals surface area contributed by atoms with E-state index in [0.29, 0.717) is 30.0 Å². The number of nitrogens with two attached hydrogens (primary N) is 1. The molecule has 1 aliphatic heterocycles. The average Bonchev–Trinajstić information content (AvgIpc) is 2.81. The number of anilines is 1. The van der Waals surface area contributed by atoms with Crippen LogP contribution < -0.4 is 10.6 Å². The number of aliphatic imine (C=N–C) groups is 1. The van der Waals surface area contributed by atoms with E-state index in [1.165, 1.54) is 11.3 Å². The number of amidine groups is 1. The monoisotopic (exact) mass is 463 g/mol. The normalized spacial score (nSPS) is 35.1. The molecule has 6 rings (SSSR count). The van der Waals surface area contributed by atoms with E-state index in [1.54, 1.807) is 0 Å². The number of para-hydroxylation sites is 1. The predicted molar refractivity (Wildman–Crippen MR) is 133 cm³/mol. The lowest BCUT2D eigenvalue weighted by atomic mass is 9.48. The number of hydrogen-bond donors (Lipinski definition) is 2. The van der Waals surface area contributed by atoms with Gasteiger partial charge < -0.3 is 15.7 Å². The number of carbonyl (C=O) groups is 1. The molecule has 1 saturated heterocycles. The minimum absolute atomic E-state index is 0.0929. The summed E-state index contributed by atoms with van der Waals surface area (Å²) in [6, 6.07) is 10.9. The third kappa shape index (κ3) is 3.76. The van der Waals surface area contributed by atoms with E-state index in [-0.39, 0.29) is 6.04 Å². The van der Waals surface area contributed by atoms with Gasteiger partial charge in [-0.15, -0.1) is 0 Å². The topological polar surface area (TPSA) is 106 Å². The molecule has 3 N–H and O–H groups in total. The minimum Gasteiger partial charge on any atom is -0.481 e. The highest BCUT2D eigenvalue weighted by atomic mass is 16.4. The highest BCUT2D eigenvalue weighted by Crippen LogP contribution is 2.61. The van der Waals surface area contributed by atoms with Crippen molar-refractivity contribution in [2.75, 3.05) is 31.1 Å². The Labute approximate surface area is 202 Å². The van der Waals surface area contributed by atoms with Gasteiger partial charge in [-0.2, -0.15) is 5.26 Å². The summed E-state index contributed by atoms with van der Waals surface area (Å²) in [6.07, 6.45) is 4.71. The van der Waals surface area contributed by atoms with Crippen LogP contribution in [0.25, 0.3) is 0 Å². The molecule has 1 aromatic rings. The molecule has 4 aliphatic carbocycles. The molecule has 34 heavy (non-hydrogen) atoms. The smallest absolute Gasteiger partial charge is 0.309 e. The SMILES string of the molecule is Cc1ccccc1N1CCN(C(C)(CC#N)C(N)=NC2C3CC4CC2CC(C(=O)O)(C4)C3)CC1. The second-order valence-electron chi connectivity index (χ2n) is 11.4.